The van der Waals surface area contributed by atoms with Crippen LogP contribution in [0.2, 0.25) is 0 Å². The Labute approximate surface area is 243 Å². The lowest BCUT2D eigenvalue weighted by atomic mass is 9.97. The number of carbonyl (C=O) groups is 2. The van der Waals surface area contributed by atoms with Crippen molar-refractivity contribution in [1.82, 2.24) is 5.32 Å². The monoisotopic (exact) mass is 572 g/mol. The van der Waals surface area contributed by atoms with Crippen LogP contribution < -0.4 is 19.7 Å². The first-order valence-electron chi connectivity index (χ1n) is 13.0. The lowest BCUT2D eigenvalue weighted by Crippen LogP contribution is -2.35. The SMILES string of the molecule is CCC1=C(Cl)C(=O)C(NC(=O)c2ccco2)=C/C1=N\c1ccc(N(CCOc2ccc(OC)cc2)C(C)C#N)cc1. The first-order chi connectivity index (χ1) is 19.8. The molecule has 0 saturated heterocycles. The minimum absolute atomic E-state index is 0.00555. The summed E-state index contributed by atoms with van der Waals surface area (Å²) in [7, 11) is 1.61. The highest BCUT2D eigenvalue weighted by molar-refractivity contribution is 6.49. The molecule has 1 aliphatic carbocycles. The number of nitrogens with zero attached hydrogens (tertiary/aromatic N) is 3. The number of methoxy groups -OCH3 is 1. The van der Waals surface area contributed by atoms with Crippen molar-refractivity contribution < 1.29 is 23.5 Å². The molecule has 0 saturated carbocycles. The summed E-state index contributed by atoms with van der Waals surface area (Å²) in [6.45, 7) is 4.55. The van der Waals surface area contributed by atoms with Gasteiger partial charge in [0.05, 0.1) is 48.1 Å². The van der Waals surface area contributed by atoms with Crippen molar-refractivity contribution in [2.75, 3.05) is 25.2 Å². The van der Waals surface area contributed by atoms with Crippen molar-refractivity contribution in [2.24, 2.45) is 4.99 Å². The summed E-state index contributed by atoms with van der Waals surface area (Å²) in [5.41, 5.74) is 2.49. The number of hydrogen-bond donors (Lipinski definition) is 1. The fraction of sp³-hybridized carbons (Fsp3) is 0.226. The Morgan fingerprint density at radius 1 is 1.15 bits per heavy atom. The van der Waals surface area contributed by atoms with Crippen LogP contribution in [0, 0.1) is 11.3 Å². The third-order valence-electron chi connectivity index (χ3n) is 6.39. The topological polar surface area (TPSA) is 117 Å². The van der Waals surface area contributed by atoms with Crippen molar-refractivity contribution in [1.29, 1.82) is 5.26 Å². The van der Waals surface area contributed by atoms with E-state index in [1.807, 2.05) is 67.3 Å². The van der Waals surface area contributed by atoms with Crippen molar-refractivity contribution in [3.63, 3.8) is 0 Å². The van der Waals surface area contributed by atoms with Crippen LogP contribution in [0.5, 0.6) is 11.5 Å². The number of amides is 1. The van der Waals surface area contributed by atoms with Gasteiger partial charge in [0.15, 0.2) is 5.76 Å². The number of anilines is 1. The van der Waals surface area contributed by atoms with Crippen LogP contribution in [-0.4, -0.2) is 43.7 Å². The molecule has 0 fully saturated rings. The second kappa shape index (κ2) is 13.5. The average Bonchev–Trinajstić information content (AvgIpc) is 3.54. The molecular weight excluding hydrogens is 544 g/mol. The van der Waals surface area contributed by atoms with Gasteiger partial charge < -0.3 is 24.1 Å². The molecule has 1 unspecified atom stereocenters. The number of furan rings is 1. The van der Waals surface area contributed by atoms with Crippen LogP contribution in [0.3, 0.4) is 0 Å². The van der Waals surface area contributed by atoms with Gasteiger partial charge in [-0.3, -0.25) is 9.59 Å². The van der Waals surface area contributed by atoms with E-state index in [1.165, 1.54) is 18.4 Å². The average molecular weight is 573 g/mol. The highest BCUT2D eigenvalue weighted by Crippen LogP contribution is 2.28. The molecule has 1 atom stereocenters. The molecule has 210 valence electrons. The molecule has 1 heterocycles. The van der Waals surface area contributed by atoms with Crippen LogP contribution in [0.1, 0.15) is 30.8 Å². The fourth-order valence-corrected chi connectivity index (χ4v) is 4.52. The summed E-state index contributed by atoms with van der Waals surface area (Å²) in [6, 6.07) is 19.6. The van der Waals surface area contributed by atoms with E-state index in [4.69, 9.17) is 30.5 Å². The number of ether oxygens (including phenoxy) is 2. The third-order valence-corrected chi connectivity index (χ3v) is 6.79. The summed E-state index contributed by atoms with van der Waals surface area (Å²) in [4.78, 5) is 31.9. The molecule has 1 amide bonds. The Kier molecular flexibility index (Phi) is 9.61. The van der Waals surface area contributed by atoms with Crippen molar-refractivity contribution in [2.45, 2.75) is 26.3 Å². The number of benzene rings is 2. The second-order valence-electron chi connectivity index (χ2n) is 9.00. The maximum absolute atomic E-state index is 12.8. The normalized spacial score (nSPS) is 14.8. The minimum atomic E-state index is -0.564. The summed E-state index contributed by atoms with van der Waals surface area (Å²) in [5, 5.41) is 12.2. The van der Waals surface area contributed by atoms with E-state index in [0.717, 1.165) is 11.4 Å². The van der Waals surface area contributed by atoms with Crippen LogP contribution in [0.15, 0.2) is 98.7 Å². The maximum atomic E-state index is 12.8. The van der Waals surface area contributed by atoms with Crippen molar-refractivity contribution in [3.05, 3.63) is 95.1 Å². The van der Waals surface area contributed by atoms with E-state index in [2.05, 4.69) is 11.4 Å². The number of aliphatic imine (C=N–C) groups is 1. The molecule has 4 rings (SSSR count). The van der Waals surface area contributed by atoms with E-state index in [1.54, 1.807) is 13.2 Å². The first kappa shape index (κ1) is 29.2. The lowest BCUT2D eigenvalue weighted by molar-refractivity contribution is -0.112. The van der Waals surface area contributed by atoms with Crippen LogP contribution in [-0.2, 0) is 4.79 Å². The zero-order valence-corrected chi connectivity index (χ0v) is 23.6. The van der Waals surface area contributed by atoms with Gasteiger partial charge in [-0.1, -0.05) is 18.5 Å². The number of halogens is 1. The Bertz CT molecular complexity index is 1520. The second-order valence-corrected chi connectivity index (χ2v) is 9.38. The van der Waals surface area contributed by atoms with Gasteiger partial charge in [-0.15, -0.1) is 0 Å². The molecule has 9 nitrogen and oxygen atoms in total. The van der Waals surface area contributed by atoms with Gasteiger partial charge in [-0.05, 0) is 80.1 Å². The van der Waals surface area contributed by atoms with Gasteiger partial charge >= 0.3 is 0 Å². The maximum Gasteiger partial charge on any atom is 0.291 e. The molecular formula is C31H29ClN4O5. The zero-order valence-electron chi connectivity index (χ0n) is 22.9. The number of allylic oxidation sites excluding steroid dienone is 3. The third kappa shape index (κ3) is 7.04. The van der Waals surface area contributed by atoms with Gasteiger partial charge in [0.25, 0.3) is 5.91 Å². The Morgan fingerprint density at radius 3 is 2.46 bits per heavy atom. The lowest BCUT2D eigenvalue weighted by Gasteiger charge is -2.27. The number of nitriles is 1. The van der Waals surface area contributed by atoms with Gasteiger partial charge in [0.1, 0.15) is 24.1 Å². The van der Waals surface area contributed by atoms with Crippen molar-refractivity contribution >= 4 is 40.4 Å². The number of Topliss-reactive ketones (excluding diaryl/α,β-unsaturated/α-hetero) is 1. The molecule has 0 spiro atoms. The number of nitrogens with one attached hydrogen (secondary N) is 1. The molecule has 2 aromatic carbocycles. The van der Waals surface area contributed by atoms with Crippen LogP contribution >= 0.6 is 11.6 Å². The highest BCUT2D eigenvalue weighted by atomic mass is 35.5. The van der Waals surface area contributed by atoms with E-state index in [0.29, 0.717) is 42.3 Å². The van der Waals surface area contributed by atoms with Gasteiger partial charge in [0.2, 0.25) is 5.78 Å². The predicted octanol–water partition coefficient (Wildman–Crippen LogP) is 5.96. The van der Waals surface area contributed by atoms with Crippen LogP contribution in [0.25, 0.3) is 0 Å². The molecule has 41 heavy (non-hydrogen) atoms. The predicted molar refractivity (Wildman–Crippen MR) is 157 cm³/mol. The Balaban J connectivity index is 1.52. The molecule has 3 aromatic rings. The van der Waals surface area contributed by atoms with Gasteiger partial charge in [0, 0.05) is 11.3 Å². The van der Waals surface area contributed by atoms with E-state index in [9.17, 15) is 14.9 Å². The van der Waals surface area contributed by atoms with E-state index >= 15 is 0 Å². The molecule has 0 bridgehead atoms. The van der Waals surface area contributed by atoms with Gasteiger partial charge in [-0.2, -0.15) is 5.26 Å². The van der Waals surface area contributed by atoms with E-state index in [-0.39, 0.29) is 16.5 Å². The number of carbonyl (C=O) groups excluding carboxylic acids is 2. The summed E-state index contributed by atoms with van der Waals surface area (Å²) in [6.07, 6.45) is 3.36. The van der Waals surface area contributed by atoms with Crippen molar-refractivity contribution in [3.8, 4) is 17.6 Å². The Hall–Kier alpha value is -4.81. The number of ketones is 1. The smallest absolute Gasteiger partial charge is 0.291 e. The quantitative estimate of drug-likeness (QED) is 0.282. The summed E-state index contributed by atoms with van der Waals surface area (Å²) >= 11 is 6.40. The number of rotatable bonds is 11. The van der Waals surface area contributed by atoms with Gasteiger partial charge in [-0.25, -0.2) is 4.99 Å². The summed E-state index contributed by atoms with van der Waals surface area (Å²) < 4.78 is 16.2. The first-order valence-corrected chi connectivity index (χ1v) is 13.3. The minimum Gasteiger partial charge on any atom is -0.497 e. The Morgan fingerprint density at radius 2 is 1.85 bits per heavy atom. The molecule has 10 heteroatoms. The molecule has 1 aliphatic rings. The highest BCUT2D eigenvalue weighted by Gasteiger charge is 2.27. The molecule has 0 radical (unpaired) electrons. The largest absolute Gasteiger partial charge is 0.497 e. The molecule has 0 aliphatic heterocycles. The van der Waals surface area contributed by atoms with Crippen LogP contribution in [0.4, 0.5) is 11.4 Å². The molecule has 1 N–H and O–H groups in total. The summed E-state index contributed by atoms with van der Waals surface area (Å²) in [5.74, 6) is 0.467. The molecule has 1 aromatic heterocycles. The van der Waals surface area contributed by atoms with E-state index < -0.39 is 17.7 Å². The zero-order chi connectivity index (χ0) is 29.4. The fourth-order valence-electron chi connectivity index (χ4n) is 4.19. The standard InChI is InChI=1S/C31H29ClN4O5/c1-4-25-26(18-27(30(37)29(25)32)35-31(38)28-6-5-16-41-28)34-21-7-9-22(10-8-21)36(20(2)19-33)15-17-40-24-13-11-23(39-3)12-14-24/h5-14,16,18,20H,4,15,17H2,1-3H3,(H,35,38)/b34-26+. The number of hydrogen-bond acceptors (Lipinski definition) is 8.